The molecule has 0 unspecified atom stereocenters. The Kier molecular flexibility index (Phi) is 2.30. The molecule has 1 fully saturated rings. The molecular formula is C12H14BrN3. The first-order valence-corrected chi connectivity index (χ1v) is 6.39. The number of aromatic nitrogens is 2. The van der Waals surface area contributed by atoms with Crippen LogP contribution in [0.4, 0.5) is 0 Å². The Hall–Kier alpha value is -0.870. The number of benzene rings is 1. The standard InChI is InChI=1S/C12H14BrN3/c13-11-8-3-1-4-9(10(8)15-16-11)12(7-14)5-2-6-12/h1,3-4H,2,5-7,14H2,(H,15,16). The lowest BCUT2D eigenvalue weighted by Gasteiger charge is -2.41. The minimum absolute atomic E-state index is 0.175. The lowest BCUT2D eigenvalue weighted by molar-refractivity contribution is 0.255. The maximum absolute atomic E-state index is 5.95. The van der Waals surface area contributed by atoms with Crippen molar-refractivity contribution in [1.29, 1.82) is 0 Å². The van der Waals surface area contributed by atoms with Crippen LogP contribution < -0.4 is 5.73 Å². The van der Waals surface area contributed by atoms with Gasteiger partial charge in [0.15, 0.2) is 0 Å². The predicted octanol–water partition coefficient (Wildman–Crippen LogP) is 2.71. The monoisotopic (exact) mass is 279 g/mol. The Morgan fingerprint density at radius 3 is 2.88 bits per heavy atom. The molecule has 16 heavy (non-hydrogen) atoms. The summed E-state index contributed by atoms with van der Waals surface area (Å²) in [6, 6.07) is 6.34. The van der Waals surface area contributed by atoms with E-state index >= 15 is 0 Å². The largest absolute Gasteiger partial charge is 0.330 e. The number of para-hydroxylation sites is 1. The van der Waals surface area contributed by atoms with Crippen LogP contribution in [0, 0.1) is 0 Å². The zero-order valence-corrected chi connectivity index (χ0v) is 10.5. The minimum atomic E-state index is 0.175. The molecule has 4 heteroatoms. The second kappa shape index (κ2) is 3.57. The van der Waals surface area contributed by atoms with Crippen LogP contribution in [0.15, 0.2) is 22.8 Å². The van der Waals surface area contributed by atoms with Crippen molar-refractivity contribution in [1.82, 2.24) is 10.2 Å². The number of hydrogen-bond acceptors (Lipinski definition) is 2. The summed E-state index contributed by atoms with van der Waals surface area (Å²) < 4.78 is 0.954. The van der Waals surface area contributed by atoms with Crippen LogP contribution in [0.5, 0.6) is 0 Å². The minimum Gasteiger partial charge on any atom is -0.330 e. The molecule has 3 nitrogen and oxygen atoms in total. The molecule has 0 amide bonds. The zero-order chi connectivity index (χ0) is 11.2. The Labute approximate surface area is 103 Å². The van der Waals surface area contributed by atoms with Crippen molar-refractivity contribution >= 4 is 26.8 Å². The van der Waals surface area contributed by atoms with Crippen LogP contribution >= 0.6 is 15.9 Å². The van der Waals surface area contributed by atoms with Crippen LogP contribution in [0.3, 0.4) is 0 Å². The average Bonchev–Trinajstić information content (AvgIpc) is 2.61. The third-order valence-corrected chi connectivity index (χ3v) is 4.42. The summed E-state index contributed by atoms with van der Waals surface area (Å²) in [5.74, 6) is 0. The summed E-state index contributed by atoms with van der Waals surface area (Å²) in [6.07, 6.45) is 3.65. The van der Waals surface area contributed by atoms with E-state index in [2.05, 4.69) is 44.3 Å². The van der Waals surface area contributed by atoms with E-state index in [1.165, 1.54) is 24.8 Å². The number of hydrogen-bond donors (Lipinski definition) is 2. The Morgan fingerprint density at radius 2 is 2.25 bits per heavy atom. The van der Waals surface area contributed by atoms with E-state index in [1.54, 1.807) is 0 Å². The summed E-state index contributed by atoms with van der Waals surface area (Å²) in [5, 5.41) is 8.52. The van der Waals surface area contributed by atoms with Gasteiger partial charge in [0, 0.05) is 17.3 Å². The van der Waals surface area contributed by atoms with Crippen molar-refractivity contribution < 1.29 is 0 Å². The Morgan fingerprint density at radius 1 is 1.44 bits per heavy atom. The van der Waals surface area contributed by atoms with E-state index in [1.807, 2.05) is 0 Å². The van der Waals surface area contributed by atoms with Crippen molar-refractivity contribution in [2.24, 2.45) is 5.73 Å². The number of H-pyrrole nitrogens is 1. The van der Waals surface area contributed by atoms with Crippen LogP contribution in [-0.2, 0) is 5.41 Å². The molecule has 3 rings (SSSR count). The highest BCUT2D eigenvalue weighted by atomic mass is 79.9. The second-order valence-corrected chi connectivity index (χ2v) is 5.37. The maximum Gasteiger partial charge on any atom is 0.108 e. The van der Waals surface area contributed by atoms with Crippen LogP contribution in [0.1, 0.15) is 24.8 Å². The molecule has 1 saturated carbocycles. The molecule has 1 aliphatic carbocycles. The molecule has 0 spiro atoms. The van der Waals surface area contributed by atoms with Gasteiger partial charge in [-0.15, -0.1) is 0 Å². The molecule has 0 saturated heterocycles. The van der Waals surface area contributed by atoms with Gasteiger partial charge in [-0.2, -0.15) is 5.10 Å². The van der Waals surface area contributed by atoms with E-state index in [4.69, 9.17) is 5.73 Å². The average molecular weight is 280 g/mol. The molecule has 0 bridgehead atoms. The third-order valence-electron chi connectivity index (χ3n) is 3.81. The molecule has 0 atom stereocenters. The van der Waals surface area contributed by atoms with Crippen molar-refractivity contribution in [2.75, 3.05) is 6.54 Å². The molecule has 1 heterocycles. The Balaban J connectivity index is 2.23. The van der Waals surface area contributed by atoms with Gasteiger partial charge in [0.05, 0.1) is 5.52 Å². The van der Waals surface area contributed by atoms with Crippen LogP contribution in [0.2, 0.25) is 0 Å². The summed E-state index contributed by atoms with van der Waals surface area (Å²) in [5.41, 5.74) is 8.50. The third kappa shape index (κ3) is 1.26. The van der Waals surface area contributed by atoms with Gasteiger partial charge in [-0.25, -0.2) is 0 Å². The summed E-state index contributed by atoms with van der Waals surface area (Å²) >= 11 is 3.48. The molecule has 2 aromatic rings. The van der Waals surface area contributed by atoms with Crippen molar-refractivity contribution in [3.8, 4) is 0 Å². The Bertz CT molecular complexity index is 523. The van der Waals surface area contributed by atoms with E-state index in [9.17, 15) is 0 Å². The summed E-state index contributed by atoms with van der Waals surface area (Å²) in [7, 11) is 0. The lowest BCUT2D eigenvalue weighted by atomic mass is 9.64. The molecule has 0 radical (unpaired) electrons. The molecule has 3 N–H and O–H groups in total. The topological polar surface area (TPSA) is 54.7 Å². The SMILES string of the molecule is NCC1(c2cccc3c(Br)[nH]nc23)CCC1. The number of rotatable bonds is 2. The smallest absolute Gasteiger partial charge is 0.108 e. The van der Waals surface area contributed by atoms with Crippen LogP contribution in [0.25, 0.3) is 10.9 Å². The summed E-state index contributed by atoms with van der Waals surface area (Å²) in [6.45, 7) is 0.719. The van der Waals surface area contributed by atoms with Crippen LogP contribution in [-0.4, -0.2) is 16.7 Å². The van der Waals surface area contributed by atoms with Crippen molar-refractivity contribution in [2.45, 2.75) is 24.7 Å². The zero-order valence-electron chi connectivity index (χ0n) is 8.96. The number of nitrogens with zero attached hydrogens (tertiary/aromatic N) is 1. The first-order chi connectivity index (χ1) is 7.77. The molecule has 1 aliphatic rings. The maximum atomic E-state index is 5.95. The summed E-state index contributed by atoms with van der Waals surface area (Å²) in [4.78, 5) is 0. The van der Waals surface area contributed by atoms with E-state index in [0.29, 0.717) is 0 Å². The number of nitrogens with two attached hydrogens (primary N) is 1. The second-order valence-electron chi connectivity index (χ2n) is 4.58. The van der Waals surface area contributed by atoms with Gasteiger partial charge >= 0.3 is 0 Å². The van der Waals surface area contributed by atoms with Crippen molar-refractivity contribution in [3.05, 3.63) is 28.4 Å². The number of halogens is 1. The fourth-order valence-corrected chi connectivity index (χ4v) is 3.03. The molecule has 1 aromatic carbocycles. The fourth-order valence-electron chi connectivity index (χ4n) is 2.62. The highest BCUT2D eigenvalue weighted by Gasteiger charge is 2.39. The van der Waals surface area contributed by atoms with Gasteiger partial charge in [-0.05, 0) is 34.3 Å². The highest BCUT2D eigenvalue weighted by molar-refractivity contribution is 9.10. The van der Waals surface area contributed by atoms with Gasteiger partial charge in [0.2, 0.25) is 0 Å². The highest BCUT2D eigenvalue weighted by Crippen LogP contribution is 2.45. The quantitative estimate of drug-likeness (QED) is 0.888. The first-order valence-electron chi connectivity index (χ1n) is 5.60. The van der Waals surface area contributed by atoms with Crippen molar-refractivity contribution in [3.63, 3.8) is 0 Å². The number of nitrogens with one attached hydrogen (secondary N) is 1. The fraction of sp³-hybridized carbons (Fsp3) is 0.417. The normalized spacial score (nSPS) is 18.6. The first kappa shape index (κ1) is 10.3. The van der Waals surface area contributed by atoms with Gasteiger partial charge in [0.25, 0.3) is 0 Å². The van der Waals surface area contributed by atoms with Gasteiger partial charge < -0.3 is 5.73 Å². The van der Waals surface area contributed by atoms with Gasteiger partial charge in [-0.1, -0.05) is 24.6 Å². The molecule has 84 valence electrons. The predicted molar refractivity (Wildman–Crippen MR) is 68.4 cm³/mol. The van der Waals surface area contributed by atoms with Gasteiger partial charge in [0.1, 0.15) is 4.60 Å². The van der Waals surface area contributed by atoms with E-state index in [-0.39, 0.29) is 5.41 Å². The molecule has 0 aliphatic heterocycles. The molecule has 1 aromatic heterocycles. The molecular weight excluding hydrogens is 266 g/mol. The van der Waals surface area contributed by atoms with E-state index in [0.717, 1.165) is 22.1 Å². The lowest BCUT2D eigenvalue weighted by Crippen LogP contribution is -2.41. The van der Waals surface area contributed by atoms with E-state index < -0.39 is 0 Å². The number of fused-ring (bicyclic) bond motifs is 1. The number of aromatic amines is 1. The van der Waals surface area contributed by atoms with Gasteiger partial charge in [-0.3, -0.25) is 5.10 Å².